The quantitative estimate of drug-likeness (QED) is 0.716. The van der Waals surface area contributed by atoms with E-state index in [1.165, 1.54) is 4.52 Å². The van der Waals surface area contributed by atoms with E-state index in [-0.39, 0.29) is 16.7 Å². The molecule has 0 saturated heterocycles. The van der Waals surface area contributed by atoms with Crippen LogP contribution in [0.3, 0.4) is 0 Å². The highest BCUT2D eigenvalue weighted by atomic mass is 32.2. The minimum Gasteiger partial charge on any atom is -0.361 e. The van der Waals surface area contributed by atoms with Crippen molar-refractivity contribution in [2.45, 2.75) is 38.6 Å². The Hall–Kier alpha value is -2.29. The third-order valence-electron chi connectivity index (χ3n) is 3.39. The normalized spacial score (nSPS) is 12.2. The Labute approximate surface area is 127 Å². The molecule has 0 aliphatic rings. The van der Waals surface area contributed by atoms with Crippen molar-refractivity contribution in [1.82, 2.24) is 24.7 Å². The van der Waals surface area contributed by atoms with Crippen LogP contribution in [0.1, 0.15) is 28.4 Å². The summed E-state index contributed by atoms with van der Waals surface area (Å²) in [4.78, 5) is 8.24. The Balaban J connectivity index is 2.08. The average Bonchev–Trinajstić information content (AvgIpc) is 2.98. The van der Waals surface area contributed by atoms with Gasteiger partial charge in [0.2, 0.25) is 9.84 Å². The maximum absolute atomic E-state index is 12.5. The maximum atomic E-state index is 12.5. The number of rotatable bonds is 3. The number of aromatic nitrogens is 5. The summed E-state index contributed by atoms with van der Waals surface area (Å²) in [7, 11) is -3.70. The molecule has 0 unspecified atom stereocenters. The lowest BCUT2D eigenvalue weighted by Crippen LogP contribution is -2.08. The lowest BCUT2D eigenvalue weighted by atomic mass is 10.2. The summed E-state index contributed by atoms with van der Waals surface area (Å²) in [6, 6.07) is 1.81. The van der Waals surface area contributed by atoms with E-state index in [0.29, 0.717) is 17.0 Å². The fourth-order valence-corrected chi connectivity index (χ4v) is 3.59. The van der Waals surface area contributed by atoms with Crippen LogP contribution in [-0.2, 0) is 15.6 Å². The molecule has 0 fully saturated rings. The molecule has 0 aromatic carbocycles. The van der Waals surface area contributed by atoms with Crippen LogP contribution in [0.5, 0.6) is 0 Å². The lowest BCUT2D eigenvalue weighted by molar-refractivity contribution is 0.392. The summed E-state index contributed by atoms with van der Waals surface area (Å²) >= 11 is 0. The van der Waals surface area contributed by atoms with Crippen molar-refractivity contribution in [3.8, 4) is 0 Å². The van der Waals surface area contributed by atoms with E-state index in [1.54, 1.807) is 13.8 Å². The largest absolute Gasteiger partial charge is 0.361 e. The summed E-state index contributed by atoms with van der Waals surface area (Å²) in [5.41, 5.74) is 2.62. The molecule has 0 saturated carbocycles. The molecule has 0 aliphatic heterocycles. The second-order valence-corrected chi connectivity index (χ2v) is 7.09. The number of fused-ring (bicyclic) bond motifs is 1. The van der Waals surface area contributed by atoms with Gasteiger partial charge in [-0.3, -0.25) is 0 Å². The Kier molecular flexibility index (Phi) is 3.24. The van der Waals surface area contributed by atoms with Gasteiger partial charge in [0.15, 0.2) is 0 Å². The summed E-state index contributed by atoms with van der Waals surface area (Å²) in [5, 5.41) is 7.59. The molecule has 116 valence electrons. The van der Waals surface area contributed by atoms with E-state index in [4.69, 9.17) is 4.52 Å². The van der Waals surface area contributed by atoms with Crippen LogP contribution in [0.15, 0.2) is 15.7 Å². The standard InChI is InChI=1S/C13H15N5O3S/c1-7-5-8(2)18-12(14-7)15-13(16-18)22(19,20)6-11-9(3)17-21-10(11)4/h5H,6H2,1-4H3. The van der Waals surface area contributed by atoms with Crippen molar-refractivity contribution in [3.05, 3.63) is 34.5 Å². The van der Waals surface area contributed by atoms with Crippen molar-refractivity contribution in [3.63, 3.8) is 0 Å². The van der Waals surface area contributed by atoms with Crippen LogP contribution in [-0.4, -0.2) is 33.2 Å². The topological polar surface area (TPSA) is 103 Å². The van der Waals surface area contributed by atoms with Gasteiger partial charge in [-0.1, -0.05) is 5.16 Å². The summed E-state index contributed by atoms with van der Waals surface area (Å²) in [6.45, 7) is 7.02. The van der Waals surface area contributed by atoms with Crippen LogP contribution < -0.4 is 0 Å². The number of sulfone groups is 1. The van der Waals surface area contributed by atoms with E-state index in [2.05, 4.69) is 20.2 Å². The molecule has 0 aliphatic carbocycles. The second kappa shape index (κ2) is 4.87. The molecular formula is C13H15N5O3S. The van der Waals surface area contributed by atoms with E-state index < -0.39 is 9.84 Å². The molecular weight excluding hydrogens is 306 g/mol. The first-order chi connectivity index (χ1) is 10.3. The second-order valence-electron chi connectivity index (χ2n) is 5.21. The molecule has 0 bridgehead atoms. The first-order valence-corrected chi connectivity index (χ1v) is 8.28. The molecule has 3 aromatic rings. The zero-order valence-electron chi connectivity index (χ0n) is 12.7. The number of hydrogen-bond acceptors (Lipinski definition) is 7. The minimum absolute atomic E-state index is 0.242. The van der Waals surface area contributed by atoms with Crippen molar-refractivity contribution in [2.75, 3.05) is 0 Å². The average molecular weight is 321 g/mol. The smallest absolute Gasteiger partial charge is 0.269 e. The molecule has 9 heteroatoms. The third-order valence-corrected chi connectivity index (χ3v) is 4.79. The molecule has 3 aromatic heterocycles. The Bertz CT molecular complexity index is 952. The molecule has 0 atom stereocenters. The monoisotopic (exact) mass is 321 g/mol. The van der Waals surface area contributed by atoms with Crippen LogP contribution in [0.25, 0.3) is 5.78 Å². The van der Waals surface area contributed by atoms with Crippen LogP contribution in [0, 0.1) is 27.7 Å². The highest BCUT2D eigenvalue weighted by molar-refractivity contribution is 7.90. The van der Waals surface area contributed by atoms with Gasteiger partial charge in [0.25, 0.3) is 10.9 Å². The van der Waals surface area contributed by atoms with Gasteiger partial charge in [-0.05, 0) is 33.8 Å². The van der Waals surface area contributed by atoms with Crippen molar-refractivity contribution in [1.29, 1.82) is 0 Å². The molecule has 0 amide bonds. The van der Waals surface area contributed by atoms with Gasteiger partial charge in [0.05, 0.1) is 11.4 Å². The molecule has 0 N–H and O–H groups in total. The molecule has 22 heavy (non-hydrogen) atoms. The molecule has 8 nitrogen and oxygen atoms in total. The van der Waals surface area contributed by atoms with Gasteiger partial charge in [0, 0.05) is 17.0 Å². The number of nitrogens with zero attached hydrogens (tertiary/aromatic N) is 5. The van der Waals surface area contributed by atoms with Gasteiger partial charge in [0.1, 0.15) is 5.76 Å². The first kappa shape index (κ1) is 14.6. The lowest BCUT2D eigenvalue weighted by Gasteiger charge is -1.99. The number of aryl methyl sites for hydroxylation is 4. The van der Waals surface area contributed by atoms with Gasteiger partial charge in [-0.2, -0.15) is 4.98 Å². The maximum Gasteiger partial charge on any atom is 0.269 e. The van der Waals surface area contributed by atoms with E-state index in [1.807, 2.05) is 19.9 Å². The molecule has 0 radical (unpaired) electrons. The molecule has 3 rings (SSSR count). The number of hydrogen-bond donors (Lipinski definition) is 0. The van der Waals surface area contributed by atoms with E-state index >= 15 is 0 Å². The Morgan fingerprint density at radius 1 is 1.18 bits per heavy atom. The highest BCUT2D eigenvalue weighted by Crippen LogP contribution is 2.20. The zero-order chi connectivity index (χ0) is 16.1. The predicted molar refractivity (Wildman–Crippen MR) is 77.1 cm³/mol. The summed E-state index contributed by atoms with van der Waals surface area (Å²) in [6.07, 6.45) is 0. The van der Waals surface area contributed by atoms with Crippen LogP contribution in [0.4, 0.5) is 0 Å². The van der Waals surface area contributed by atoms with Crippen molar-refractivity contribution < 1.29 is 12.9 Å². The summed E-state index contributed by atoms with van der Waals surface area (Å²) < 4.78 is 31.5. The molecule has 3 heterocycles. The van der Waals surface area contributed by atoms with Crippen molar-refractivity contribution in [2.24, 2.45) is 0 Å². The fourth-order valence-electron chi connectivity index (χ4n) is 2.24. The van der Waals surface area contributed by atoms with Gasteiger partial charge >= 0.3 is 0 Å². The molecule has 0 spiro atoms. The SMILES string of the molecule is Cc1cc(C)n2nc(S(=O)(=O)Cc3c(C)noc3C)nc2n1. The zero-order valence-corrected chi connectivity index (χ0v) is 13.5. The highest BCUT2D eigenvalue weighted by Gasteiger charge is 2.25. The van der Waals surface area contributed by atoms with Gasteiger partial charge < -0.3 is 4.52 Å². The van der Waals surface area contributed by atoms with E-state index in [9.17, 15) is 8.42 Å². The van der Waals surface area contributed by atoms with E-state index in [0.717, 1.165) is 11.4 Å². The fraction of sp³-hybridized carbons (Fsp3) is 0.385. The first-order valence-electron chi connectivity index (χ1n) is 6.63. The minimum atomic E-state index is -3.70. The Morgan fingerprint density at radius 3 is 2.55 bits per heavy atom. The van der Waals surface area contributed by atoms with Gasteiger partial charge in [-0.25, -0.2) is 17.9 Å². The third kappa shape index (κ3) is 2.37. The van der Waals surface area contributed by atoms with Crippen LogP contribution in [0.2, 0.25) is 0 Å². The van der Waals surface area contributed by atoms with Crippen molar-refractivity contribution >= 4 is 15.6 Å². The van der Waals surface area contributed by atoms with Gasteiger partial charge in [-0.15, -0.1) is 5.10 Å². The Morgan fingerprint density at radius 2 is 1.91 bits per heavy atom. The summed E-state index contributed by atoms with van der Waals surface area (Å²) in [5.74, 6) is 0.508. The van der Waals surface area contributed by atoms with Crippen LogP contribution >= 0.6 is 0 Å². The predicted octanol–water partition coefficient (Wildman–Crippen LogP) is 1.32.